The molecule has 0 aliphatic carbocycles. The summed E-state index contributed by atoms with van der Waals surface area (Å²) in [5, 5.41) is 2.93. The normalized spacial score (nSPS) is 21.5. The molecule has 0 aromatic carbocycles. The van der Waals surface area contributed by atoms with Crippen molar-refractivity contribution in [2.45, 2.75) is 19.3 Å². The molecule has 0 amide bonds. The first-order valence-electron chi connectivity index (χ1n) is 4.21. The Morgan fingerprint density at radius 2 is 2.00 bits per heavy atom. The Hall–Kier alpha value is -0.710. The third kappa shape index (κ3) is 1.80. The van der Waals surface area contributed by atoms with Crippen molar-refractivity contribution in [1.29, 1.82) is 0 Å². The number of piperidine rings is 1. The second-order valence-corrected chi connectivity index (χ2v) is 3.20. The van der Waals surface area contributed by atoms with E-state index in [2.05, 4.69) is 10.1 Å². The molecule has 0 unspecified atom stereocenters. The average molecular weight is 193 g/mol. The van der Waals surface area contributed by atoms with E-state index in [0.717, 1.165) is 7.11 Å². The molecule has 1 rings (SSSR count). The molecule has 0 aromatic heterocycles. The summed E-state index contributed by atoms with van der Waals surface area (Å²) in [5.74, 6) is -0.788. The largest absolute Gasteiger partial charge is 0.468 e. The monoisotopic (exact) mass is 193 g/mol. The molecular weight excluding hydrogens is 180 g/mol. The third-order valence-corrected chi connectivity index (χ3v) is 2.51. The van der Waals surface area contributed by atoms with Crippen LogP contribution in [-0.4, -0.2) is 32.6 Å². The molecule has 1 aliphatic rings. The van der Waals surface area contributed by atoms with Crippen LogP contribution in [0.25, 0.3) is 0 Å². The van der Waals surface area contributed by atoms with Crippen molar-refractivity contribution in [2.75, 3.05) is 20.2 Å². The van der Waals surface area contributed by atoms with Crippen LogP contribution in [0.4, 0.5) is 8.78 Å². The topological polar surface area (TPSA) is 38.3 Å². The molecule has 76 valence electrons. The van der Waals surface area contributed by atoms with Crippen LogP contribution in [0.2, 0.25) is 0 Å². The average Bonchev–Trinajstić information content (AvgIpc) is 2.17. The van der Waals surface area contributed by atoms with Gasteiger partial charge in [0, 0.05) is 0 Å². The molecule has 0 spiro atoms. The van der Waals surface area contributed by atoms with Gasteiger partial charge in [-0.1, -0.05) is 0 Å². The zero-order valence-electron chi connectivity index (χ0n) is 7.48. The van der Waals surface area contributed by atoms with E-state index in [0.29, 0.717) is 13.1 Å². The number of nitrogens with one attached hydrogen (secondary N) is 1. The predicted molar refractivity (Wildman–Crippen MR) is 42.6 cm³/mol. The van der Waals surface area contributed by atoms with E-state index in [-0.39, 0.29) is 12.8 Å². The Labute approximate surface area is 75.4 Å². The highest BCUT2D eigenvalue weighted by Crippen LogP contribution is 2.36. The highest BCUT2D eigenvalue weighted by Gasteiger charge is 2.48. The summed E-state index contributed by atoms with van der Waals surface area (Å²) in [4.78, 5) is 11.2. The minimum Gasteiger partial charge on any atom is -0.468 e. The van der Waals surface area contributed by atoms with E-state index in [9.17, 15) is 13.6 Å². The van der Waals surface area contributed by atoms with Gasteiger partial charge in [-0.15, -0.1) is 0 Å². The Morgan fingerprint density at radius 3 is 2.38 bits per heavy atom. The summed E-state index contributed by atoms with van der Waals surface area (Å²) in [6, 6.07) is 0. The van der Waals surface area contributed by atoms with Crippen LogP contribution in [0.5, 0.6) is 0 Å². The summed E-state index contributed by atoms with van der Waals surface area (Å²) in [6.07, 6.45) is -2.34. The lowest BCUT2D eigenvalue weighted by Gasteiger charge is -2.33. The Balaban J connectivity index is 2.79. The maximum Gasteiger partial charge on any atom is 0.317 e. The van der Waals surface area contributed by atoms with Crippen molar-refractivity contribution in [2.24, 2.45) is 5.41 Å². The summed E-state index contributed by atoms with van der Waals surface area (Å²) < 4.78 is 29.8. The molecule has 1 fully saturated rings. The number of rotatable bonds is 2. The van der Waals surface area contributed by atoms with Gasteiger partial charge < -0.3 is 10.1 Å². The Morgan fingerprint density at radius 1 is 1.46 bits per heavy atom. The van der Waals surface area contributed by atoms with Crippen molar-refractivity contribution >= 4 is 5.97 Å². The lowest BCUT2D eigenvalue weighted by Crippen LogP contribution is -2.47. The maximum absolute atomic E-state index is 12.7. The first kappa shape index (κ1) is 10.4. The lowest BCUT2D eigenvalue weighted by molar-refractivity contribution is -0.166. The van der Waals surface area contributed by atoms with Gasteiger partial charge in [-0.25, -0.2) is 8.78 Å². The van der Waals surface area contributed by atoms with Crippen LogP contribution in [0, 0.1) is 5.41 Å². The number of carbonyl (C=O) groups is 1. The minimum absolute atomic E-state index is 0.150. The van der Waals surface area contributed by atoms with Crippen LogP contribution < -0.4 is 5.32 Å². The third-order valence-electron chi connectivity index (χ3n) is 2.51. The van der Waals surface area contributed by atoms with Crippen LogP contribution in [0.1, 0.15) is 12.8 Å². The number of hydrogen-bond acceptors (Lipinski definition) is 3. The van der Waals surface area contributed by atoms with Crippen LogP contribution in [-0.2, 0) is 9.53 Å². The van der Waals surface area contributed by atoms with Crippen LogP contribution in [0.3, 0.4) is 0 Å². The Bertz CT molecular complexity index is 191. The predicted octanol–water partition coefficient (Wildman–Crippen LogP) is 0.794. The molecule has 1 heterocycles. The first-order valence-corrected chi connectivity index (χ1v) is 4.21. The molecule has 0 atom stereocenters. The van der Waals surface area contributed by atoms with Crippen molar-refractivity contribution in [3.63, 3.8) is 0 Å². The fourth-order valence-corrected chi connectivity index (χ4v) is 1.59. The van der Waals surface area contributed by atoms with E-state index >= 15 is 0 Å². The van der Waals surface area contributed by atoms with Gasteiger partial charge in [0.25, 0.3) is 6.43 Å². The molecule has 5 heteroatoms. The minimum atomic E-state index is -2.64. The van der Waals surface area contributed by atoms with E-state index in [1.165, 1.54) is 0 Å². The Kier molecular flexibility index (Phi) is 3.19. The molecule has 0 radical (unpaired) electrons. The molecule has 13 heavy (non-hydrogen) atoms. The number of methoxy groups -OCH3 is 1. The van der Waals surface area contributed by atoms with Crippen molar-refractivity contribution in [3.8, 4) is 0 Å². The van der Waals surface area contributed by atoms with Crippen LogP contribution in [0.15, 0.2) is 0 Å². The van der Waals surface area contributed by atoms with Gasteiger partial charge in [-0.2, -0.15) is 0 Å². The van der Waals surface area contributed by atoms with Crippen molar-refractivity contribution in [1.82, 2.24) is 5.32 Å². The van der Waals surface area contributed by atoms with Crippen LogP contribution >= 0.6 is 0 Å². The van der Waals surface area contributed by atoms with E-state index in [1.807, 2.05) is 0 Å². The zero-order valence-corrected chi connectivity index (χ0v) is 7.48. The standard InChI is InChI=1S/C8H13F2NO2/c1-13-7(12)8(6(9)10)2-4-11-5-3-8/h6,11H,2-5H2,1H3. The highest BCUT2D eigenvalue weighted by atomic mass is 19.3. The van der Waals surface area contributed by atoms with E-state index in [1.54, 1.807) is 0 Å². The van der Waals surface area contributed by atoms with Gasteiger partial charge in [-0.3, -0.25) is 4.79 Å². The van der Waals surface area contributed by atoms with Gasteiger partial charge in [0.15, 0.2) is 0 Å². The second-order valence-electron chi connectivity index (χ2n) is 3.20. The number of halogens is 2. The maximum atomic E-state index is 12.7. The zero-order chi connectivity index (χ0) is 9.90. The molecule has 0 aromatic rings. The smallest absolute Gasteiger partial charge is 0.317 e. The van der Waals surface area contributed by atoms with Gasteiger partial charge in [0.1, 0.15) is 5.41 Å². The molecule has 0 bridgehead atoms. The number of esters is 1. The SMILES string of the molecule is COC(=O)C1(C(F)F)CCNCC1. The van der Waals surface area contributed by atoms with Crippen molar-refractivity contribution < 1.29 is 18.3 Å². The fourth-order valence-electron chi connectivity index (χ4n) is 1.59. The van der Waals surface area contributed by atoms with E-state index < -0.39 is 17.8 Å². The highest BCUT2D eigenvalue weighted by molar-refractivity contribution is 5.77. The summed E-state index contributed by atoms with van der Waals surface area (Å²) >= 11 is 0. The molecule has 1 saturated heterocycles. The van der Waals surface area contributed by atoms with Gasteiger partial charge in [0.05, 0.1) is 7.11 Å². The first-order chi connectivity index (χ1) is 6.13. The summed E-state index contributed by atoms with van der Waals surface area (Å²) in [6.45, 7) is 0.888. The lowest BCUT2D eigenvalue weighted by atomic mass is 9.79. The number of hydrogen-bond donors (Lipinski definition) is 1. The number of ether oxygens (including phenoxy) is 1. The quantitative estimate of drug-likeness (QED) is 0.659. The van der Waals surface area contributed by atoms with E-state index in [4.69, 9.17) is 0 Å². The molecule has 3 nitrogen and oxygen atoms in total. The summed E-state index contributed by atoms with van der Waals surface area (Å²) in [5.41, 5.74) is -1.57. The molecule has 0 saturated carbocycles. The molecular formula is C8H13F2NO2. The summed E-state index contributed by atoms with van der Waals surface area (Å²) in [7, 11) is 1.15. The molecule has 1 N–H and O–H groups in total. The number of alkyl halides is 2. The van der Waals surface area contributed by atoms with Gasteiger partial charge in [-0.05, 0) is 25.9 Å². The second kappa shape index (κ2) is 4.00. The molecule has 1 aliphatic heterocycles. The number of carbonyl (C=O) groups excluding carboxylic acids is 1. The fraction of sp³-hybridized carbons (Fsp3) is 0.875. The van der Waals surface area contributed by atoms with Crippen molar-refractivity contribution in [3.05, 3.63) is 0 Å². The van der Waals surface area contributed by atoms with Gasteiger partial charge in [0.2, 0.25) is 0 Å². The van der Waals surface area contributed by atoms with Gasteiger partial charge >= 0.3 is 5.97 Å².